The molecule has 2 aromatic carbocycles. The summed E-state index contributed by atoms with van der Waals surface area (Å²) in [7, 11) is 0. The molecule has 2 aromatic rings. The van der Waals surface area contributed by atoms with E-state index in [9.17, 15) is 14.4 Å². The molecule has 1 saturated heterocycles. The summed E-state index contributed by atoms with van der Waals surface area (Å²) in [6, 6.07) is 14.9. The first kappa shape index (κ1) is 17.2. The molecule has 0 saturated carbocycles. The fourth-order valence-electron chi connectivity index (χ4n) is 2.61. The van der Waals surface area contributed by atoms with Crippen LogP contribution < -0.4 is 5.32 Å². The highest BCUT2D eigenvalue weighted by molar-refractivity contribution is 8.14. The van der Waals surface area contributed by atoms with Crippen molar-refractivity contribution < 1.29 is 14.4 Å². The van der Waals surface area contributed by atoms with Crippen LogP contribution in [0.4, 0.5) is 4.79 Å². The first-order valence-electron chi connectivity index (χ1n) is 7.93. The van der Waals surface area contributed by atoms with Crippen molar-refractivity contribution in [2.75, 3.05) is 5.75 Å². The van der Waals surface area contributed by atoms with E-state index >= 15 is 0 Å². The van der Waals surface area contributed by atoms with Crippen molar-refractivity contribution >= 4 is 28.8 Å². The van der Waals surface area contributed by atoms with Gasteiger partial charge >= 0.3 is 0 Å². The van der Waals surface area contributed by atoms with Gasteiger partial charge in [-0.1, -0.05) is 48.2 Å². The lowest BCUT2D eigenvalue weighted by molar-refractivity contribution is -0.125. The van der Waals surface area contributed by atoms with Crippen molar-refractivity contribution in [3.63, 3.8) is 0 Å². The average Bonchev–Trinajstić information content (AvgIpc) is 2.93. The maximum absolute atomic E-state index is 12.4. The van der Waals surface area contributed by atoms with Crippen molar-refractivity contribution in [3.05, 3.63) is 70.8 Å². The van der Waals surface area contributed by atoms with Crippen molar-refractivity contribution in [2.45, 2.75) is 20.0 Å². The number of amides is 3. The second kappa shape index (κ2) is 7.53. The highest BCUT2D eigenvalue weighted by Crippen LogP contribution is 2.21. The molecule has 0 bridgehead atoms. The van der Waals surface area contributed by atoms with Gasteiger partial charge in [0.25, 0.3) is 11.1 Å². The second-order valence-electron chi connectivity index (χ2n) is 5.84. The third-order valence-corrected chi connectivity index (χ3v) is 4.93. The third kappa shape index (κ3) is 4.09. The van der Waals surface area contributed by atoms with Crippen LogP contribution in [-0.4, -0.2) is 27.7 Å². The number of nitrogens with one attached hydrogen (secondary N) is 1. The monoisotopic (exact) mass is 354 g/mol. The Kier molecular flexibility index (Phi) is 5.19. The van der Waals surface area contributed by atoms with E-state index in [0.717, 1.165) is 28.5 Å². The normalized spacial score (nSPS) is 14.0. The Morgan fingerprint density at radius 1 is 1.16 bits per heavy atom. The molecule has 1 fully saturated rings. The Morgan fingerprint density at radius 3 is 2.68 bits per heavy atom. The predicted molar refractivity (Wildman–Crippen MR) is 97.2 cm³/mol. The zero-order valence-corrected chi connectivity index (χ0v) is 14.6. The van der Waals surface area contributed by atoms with E-state index in [1.165, 1.54) is 4.90 Å². The molecule has 1 aliphatic heterocycles. The lowest BCUT2D eigenvalue weighted by atomic mass is 10.1. The van der Waals surface area contributed by atoms with Crippen LogP contribution in [0.25, 0.3) is 0 Å². The fraction of sp³-hybridized carbons (Fsp3) is 0.211. The molecule has 0 aliphatic carbocycles. The van der Waals surface area contributed by atoms with Gasteiger partial charge in [-0.2, -0.15) is 0 Å². The standard InChI is InChI=1S/C19H18N2O3S/c1-13-5-2-3-7-16(13)10-20-18(23)15-8-4-6-14(9-15)11-21-17(22)12-25-19(21)24/h2-9H,10-12H2,1H3,(H,20,23). The Balaban J connectivity index is 1.66. The van der Waals surface area contributed by atoms with Gasteiger partial charge in [0.2, 0.25) is 5.91 Å². The van der Waals surface area contributed by atoms with Crippen LogP contribution in [0.5, 0.6) is 0 Å². The van der Waals surface area contributed by atoms with Gasteiger partial charge in [0.1, 0.15) is 0 Å². The fourth-order valence-corrected chi connectivity index (χ4v) is 3.34. The minimum atomic E-state index is -0.237. The van der Waals surface area contributed by atoms with Crippen molar-refractivity contribution in [2.24, 2.45) is 0 Å². The van der Waals surface area contributed by atoms with Gasteiger partial charge in [-0.3, -0.25) is 19.3 Å². The zero-order valence-electron chi connectivity index (χ0n) is 13.8. The van der Waals surface area contributed by atoms with E-state index in [0.29, 0.717) is 12.1 Å². The van der Waals surface area contributed by atoms with Crippen LogP contribution in [0.3, 0.4) is 0 Å². The molecular weight excluding hydrogens is 336 g/mol. The second-order valence-corrected chi connectivity index (χ2v) is 6.77. The Morgan fingerprint density at radius 2 is 1.96 bits per heavy atom. The summed E-state index contributed by atoms with van der Waals surface area (Å²) in [5.41, 5.74) is 3.46. The Bertz CT molecular complexity index is 819. The molecule has 3 rings (SSSR count). The lowest BCUT2D eigenvalue weighted by Crippen LogP contribution is -2.28. The summed E-state index contributed by atoms with van der Waals surface area (Å²) in [4.78, 5) is 37.0. The summed E-state index contributed by atoms with van der Waals surface area (Å²) in [5.74, 6) is -0.182. The number of hydrogen-bond donors (Lipinski definition) is 1. The summed E-state index contributed by atoms with van der Waals surface area (Å²) in [5, 5.41) is 2.67. The number of benzene rings is 2. The number of carbonyl (C=O) groups excluding carboxylic acids is 3. The summed E-state index contributed by atoms with van der Waals surface area (Å²) >= 11 is 1.01. The van der Waals surface area contributed by atoms with Crippen LogP contribution >= 0.6 is 11.8 Å². The number of carbonyl (C=O) groups is 3. The molecule has 1 N–H and O–H groups in total. The molecule has 0 radical (unpaired) electrons. The zero-order chi connectivity index (χ0) is 17.8. The van der Waals surface area contributed by atoms with E-state index in [1.54, 1.807) is 18.2 Å². The van der Waals surface area contributed by atoms with Crippen LogP contribution in [-0.2, 0) is 17.9 Å². The smallest absolute Gasteiger partial charge is 0.289 e. The molecule has 5 nitrogen and oxygen atoms in total. The molecule has 6 heteroatoms. The third-order valence-electron chi connectivity index (χ3n) is 4.07. The van der Waals surface area contributed by atoms with E-state index in [1.807, 2.05) is 37.3 Å². The van der Waals surface area contributed by atoms with Gasteiger partial charge in [-0.15, -0.1) is 0 Å². The van der Waals surface area contributed by atoms with E-state index < -0.39 is 0 Å². The minimum Gasteiger partial charge on any atom is -0.348 e. The SMILES string of the molecule is Cc1ccccc1CNC(=O)c1cccc(CN2C(=O)CSC2=O)c1. The van der Waals surface area contributed by atoms with Crippen molar-refractivity contribution in [1.29, 1.82) is 0 Å². The molecule has 0 unspecified atom stereocenters. The van der Waals surface area contributed by atoms with Gasteiger partial charge in [0.15, 0.2) is 0 Å². The number of thioether (sulfide) groups is 1. The van der Waals surface area contributed by atoms with Crippen molar-refractivity contribution in [1.82, 2.24) is 10.2 Å². The number of imide groups is 1. The van der Waals surface area contributed by atoms with Crippen LogP contribution in [0.15, 0.2) is 48.5 Å². The highest BCUT2D eigenvalue weighted by atomic mass is 32.2. The number of nitrogens with zero attached hydrogens (tertiary/aromatic N) is 1. The van der Waals surface area contributed by atoms with Gasteiger partial charge in [-0.05, 0) is 35.7 Å². The summed E-state index contributed by atoms with van der Waals surface area (Å²) in [6.07, 6.45) is 0. The molecule has 1 aliphatic rings. The topological polar surface area (TPSA) is 66.5 Å². The van der Waals surface area contributed by atoms with Crippen LogP contribution in [0.1, 0.15) is 27.0 Å². The molecule has 3 amide bonds. The first-order chi connectivity index (χ1) is 12.0. The Hall–Kier alpha value is -2.60. The largest absolute Gasteiger partial charge is 0.348 e. The Labute approximate surface area is 150 Å². The first-order valence-corrected chi connectivity index (χ1v) is 8.92. The molecule has 0 aromatic heterocycles. The number of hydrogen-bond acceptors (Lipinski definition) is 4. The van der Waals surface area contributed by atoms with Crippen LogP contribution in [0.2, 0.25) is 0 Å². The van der Waals surface area contributed by atoms with E-state index in [-0.39, 0.29) is 29.4 Å². The van der Waals surface area contributed by atoms with Gasteiger partial charge in [-0.25, -0.2) is 0 Å². The molecule has 0 atom stereocenters. The molecule has 0 spiro atoms. The summed E-state index contributed by atoms with van der Waals surface area (Å²) < 4.78 is 0. The number of rotatable bonds is 5. The number of aryl methyl sites for hydroxylation is 1. The quantitative estimate of drug-likeness (QED) is 0.896. The van der Waals surface area contributed by atoms with Gasteiger partial charge < -0.3 is 5.32 Å². The maximum atomic E-state index is 12.4. The van der Waals surface area contributed by atoms with Crippen molar-refractivity contribution in [3.8, 4) is 0 Å². The molecule has 128 valence electrons. The van der Waals surface area contributed by atoms with E-state index in [4.69, 9.17) is 0 Å². The predicted octanol–water partition coefficient (Wildman–Crippen LogP) is 3.12. The molecular formula is C19H18N2O3S. The minimum absolute atomic E-state index is 0.182. The van der Waals surface area contributed by atoms with E-state index in [2.05, 4.69) is 5.32 Å². The summed E-state index contributed by atoms with van der Waals surface area (Å²) in [6.45, 7) is 2.66. The maximum Gasteiger partial charge on any atom is 0.289 e. The molecule has 1 heterocycles. The molecule has 25 heavy (non-hydrogen) atoms. The lowest BCUT2D eigenvalue weighted by Gasteiger charge is -2.13. The van der Waals surface area contributed by atoms with Gasteiger partial charge in [0, 0.05) is 12.1 Å². The van der Waals surface area contributed by atoms with Gasteiger partial charge in [0.05, 0.1) is 12.3 Å². The van der Waals surface area contributed by atoms with Crippen LogP contribution in [0, 0.1) is 6.92 Å². The highest BCUT2D eigenvalue weighted by Gasteiger charge is 2.29. The average molecular weight is 354 g/mol.